The van der Waals surface area contributed by atoms with E-state index in [1.54, 1.807) is 4.90 Å². The fourth-order valence-electron chi connectivity index (χ4n) is 1.51. The zero-order valence-corrected chi connectivity index (χ0v) is 8.54. The van der Waals surface area contributed by atoms with Crippen molar-refractivity contribution in [3.8, 4) is 0 Å². The zero-order chi connectivity index (χ0) is 10.6. The van der Waals surface area contributed by atoms with Gasteiger partial charge in [0.2, 0.25) is 0 Å². The van der Waals surface area contributed by atoms with Gasteiger partial charge in [0.15, 0.2) is 7.85 Å². The second kappa shape index (κ2) is 5.70. The lowest BCUT2D eigenvalue weighted by molar-refractivity contribution is -0.114. The number of aliphatic hydroxyl groups is 1. The number of halogens is 1. The molecule has 1 unspecified atom stereocenters. The Labute approximate surface area is 88.3 Å². The van der Waals surface area contributed by atoms with E-state index in [-0.39, 0.29) is 31.5 Å². The minimum Gasteiger partial charge on any atom is -0.395 e. The monoisotopic (exact) mass is 218 g/mol. The Kier molecular flexibility index (Phi) is 4.87. The Morgan fingerprint density at radius 3 is 2.86 bits per heavy atom. The van der Waals surface area contributed by atoms with Crippen molar-refractivity contribution in [3.05, 3.63) is 0 Å². The predicted octanol–water partition coefficient (Wildman–Crippen LogP) is -0.807. The van der Waals surface area contributed by atoms with Crippen LogP contribution in [0.25, 0.3) is 0 Å². The summed E-state index contributed by atoms with van der Waals surface area (Å²) in [6.07, 6.45) is 0. The van der Waals surface area contributed by atoms with Crippen LogP contribution in [0.15, 0.2) is 0 Å². The van der Waals surface area contributed by atoms with Crippen LogP contribution in [-0.2, 0) is 4.79 Å². The molecule has 78 valence electrons. The van der Waals surface area contributed by atoms with Crippen molar-refractivity contribution >= 4 is 25.9 Å². The Bertz CT molecular complexity index is 210. The van der Waals surface area contributed by atoms with E-state index < -0.39 is 5.68 Å². The first kappa shape index (κ1) is 12.0. The first-order chi connectivity index (χ1) is 6.67. The third kappa shape index (κ3) is 3.23. The van der Waals surface area contributed by atoms with Crippen molar-refractivity contribution < 1.29 is 13.8 Å². The van der Waals surface area contributed by atoms with Gasteiger partial charge in [-0.25, -0.2) is 4.31 Å². The van der Waals surface area contributed by atoms with Crippen molar-refractivity contribution in [2.75, 3.05) is 32.8 Å². The van der Waals surface area contributed by atoms with E-state index in [0.29, 0.717) is 19.6 Å². The number of rotatable bonds is 4. The van der Waals surface area contributed by atoms with Gasteiger partial charge in [-0.2, -0.15) is 0 Å². The van der Waals surface area contributed by atoms with Gasteiger partial charge < -0.3 is 9.90 Å². The summed E-state index contributed by atoms with van der Waals surface area (Å²) in [5, 5.41) is 9.04. The number of piperazine rings is 1. The first-order valence-electron chi connectivity index (χ1n) is 4.34. The topological polar surface area (TPSA) is 43.8 Å². The summed E-state index contributed by atoms with van der Waals surface area (Å²) in [6.45, 7) is 1.52. The highest BCUT2D eigenvalue weighted by atomic mass is 32.2. The molecular formula is C7H12BFN2O2S. The highest BCUT2D eigenvalue weighted by molar-refractivity contribution is 7.91. The summed E-state index contributed by atoms with van der Waals surface area (Å²) in [5.74, 6) is 0. The van der Waals surface area contributed by atoms with Crippen molar-refractivity contribution in [2.24, 2.45) is 0 Å². The Morgan fingerprint density at radius 2 is 2.36 bits per heavy atom. The van der Waals surface area contributed by atoms with Crippen LogP contribution in [0, 0.1) is 0 Å². The van der Waals surface area contributed by atoms with Crippen LogP contribution in [0.5, 0.6) is 0 Å². The third-order valence-electron chi connectivity index (χ3n) is 2.23. The number of nitrogens with zero attached hydrogens (tertiary/aromatic N) is 2. The van der Waals surface area contributed by atoms with Gasteiger partial charge in [0.25, 0.3) is 0 Å². The number of hydrogen-bond acceptors (Lipinski definition) is 5. The standard InChI is InChI=1S/C7H12BFN2O2S/c8-7(13)4-10-1-2-11(14-9)3-6(10)5-12/h6,12H,1-5H2. The SMILES string of the molecule is [B]C(=O)CN1CCN(SF)CC1CO. The summed E-state index contributed by atoms with van der Waals surface area (Å²) in [5.41, 5.74) is -0.426. The van der Waals surface area contributed by atoms with Crippen LogP contribution in [-0.4, -0.2) is 66.7 Å². The Morgan fingerprint density at radius 1 is 1.64 bits per heavy atom. The lowest BCUT2D eigenvalue weighted by Gasteiger charge is -2.38. The minimum absolute atomic E-state index is 0.0929. The Hall–Kier alpha value is -0.105. The molecule has 2 radical (unpaired) electrons. The van der Waals surface area contributed by atoms with E-state index in [1.165, 1.54) is 4.31 Å². The quantitative estimate of drug-likeness (QED) is 0.494. The van der Waals surface area contributed by atoms with E-state index in [1.807, 2.05) is 0 Å². The predicted molar refractivity (Wildman–Crippen MR) is 53.5 cm³/mol. The molecule has 0 aromatic carbocycles. The van der Waals surface area contributed by atoms with E-state index in [0.717, 1.165) is 0 Å². The molecule has 1 aliphatic heterocycles. The minimum atomic E-state index is -0.426. The number of aliphatic hydroxyl groups excluding tert-OH is 1. The summed E-state index contributed by atoms with van der Waals surface area (Å²) in [6, 6.07) is -0.209. The molecule has 1 rings (SSSR count). The summed E-state index contributed by atoms with van der Waals surface area (Å²) < 4.78 is 13.7. The molecule has 1 atom stereocenters. The van der Waals surface area contributed by atoms with Gasteiger partial charge in [-0.3, -0.25) is 4.90 Å². The molecule has 0 aromatic rings. The molecule has 14 heavy (non-hydrogen) atoms. The van der Waals surface area contributed by atoms with Crippen LogP contribution in [0.2, 0.25) is 0 Å². The van der Waals surface area contributed by atoms with Gasteiger partial charge in [0, 0.05) is 32.2 Å². The average Bonchev–Trinajstić information content (AvgIpc) is 2.17. The van der Waals surface area contributed by atoms with Crippen LogP contribution in [0.1, 0.15) is 0 Å². The first-order valence-corrected chi connectivity index (χ1v) is 5.01. The number of hydrogen-bond donors (Lipinski definition) is 1. The van der Waals surface area contributed by atoms with E-state index in [2.05, 4.69) is 0 Å². The van der Waals surface area contributed by atoms with E-state index >= 15 is 0 Å². The fraction of sp³-hybridized carbons (Fsp3) is 0.857. The lowest BCUT2D eigenvalue weighted by atomic mass is 10.0. The molecule has 0 bridgehead atoms. The van der Waals surface area contributed by atoms with Gasteiger partial charge in [-0.05, 0) is 0 Å². The molecule has 4 nitrogen and oxygen atoms in total. The van der Waals surface area contributed by atoms with Gasteiger partial charge in [0.1, 0.15) is 12.3 Å². The zero-order valence-electron chi connectivity index (χ0n) is 7.73. The maximum atomic E-state index is 12.2. The van der Waals surface area contributed by atoms with Crippen LogP contribution >= 0.6 is 12.3 Å². The maximum Gasteiger partial charge on any atom is 0.169 e. The van der Waals surface area contributed by atoms with Gasteiger partial charge in [-0.1, -0.05) is 0 Å². The second-order valence-corrected chi connectivity index (χ2v) is 3.88. The van der Waals surface area contributed by atoms with E-state index in [9.17, 15) is 8.68 Å². The largest absolute Gasteiger partial charge is 0.395 e. The van der Waals surface area contributed by atoms with Crippen LogP contribution in [0.3, 0.4) is 0 Å². The Balaban J connectivity index is 2.47. The third-order valence-corrected chi connectivity index (χ3v) is 2.76. The molecule has 7 heteroatoms. The lowest BCUT2D eigenvalue weighted by Crippen LogP contribution is -2.53. The maximum absolute atomic E-state index is 12.2. The summed E-state index contributed by atoms with van der Waals surface area (Å²) in [7, 11) is 5.05. The molecule has 0 amide bonds. The van der Waals surface area contributed by atoms with E-state index in [4.69, 9.17) is 13.0 Å². The molecule has 1 N–H and O–H groups in total. The smallest absolute Gasteiger partial charge is 0.169 e. The van der Waals surface area contributed by atoms with Gasteiger partial charge in [0.05, 0.1) is 12.3 Å². The highest BCUT2D eigenvalue weighted by Gasteiger charge is 2.27. The van der Waals surface area contributed by atoms with Crippen LogP contribution in [0.4, 0.5) is 3.89 Å². The van der Waals surface area contributed by atoms with Crippen molar-refractivity contribution in [3.63, 3.8) is 0 Å². The summed E-state index contributed by atoms with van der Waals surface area (Å²) >= 11 is 0.165. The number of carbonyl (C=O) groups excluding carboxylic acids is 1. The molecule has 0 aliphatic carbocycles. The van der Waals surface area contributed by atoms with Crippen molar-refractivity contribution in [2.45, 2.75) is 6.04 Å². The molecule has 0 aromatic heterocycles. The molecular weight excluding hydrogens is 206 g/mol. The second-order valence-electron chi connectivity index (χ2n) is 3.23. The molecule has 0 saturated carbocycles. The van der Waals surface area contributed by atoms with Crippen molar-refractivity contribution in [1.29, 1.82) is 0 Å². The molecule has 0 spiro atoms. The van der Waals surface area contributed by atoms with Gasteiger partial charge in [-0.15, -0.1) is 3.89 Å². The van der Waals surface area contributed by atoms with Crippen LogP contribution < -0.4 is 0 Å². The summed E-state index contributed by atoms with van der Waals surface area (Å²) in [4.78, 5) is 12.5. The molecule has 1 fully saturated rings. The average molecular weight is 218 g/mol. The van der Waals surface area contributed by atoms with Gasteiger partial charge >= 0.3 is 0 Å². The molecule has 1 saturated heterocycles. The number of carbonyl (C=O) groups is 1. The van der Waals surface area contributed by atoms with Crippen molar-refractivity contribution in [1.82, 2.24) is 9.21 Å². The highest BCUT2D eigenvalue weighted by Crippen LogP contribution is 2.17. The molecule has 1 aliphatic rings. The fourth-order valence-corrected chi connectivity index (χ4v) is 1.89. The normalized spacial score (nSPS) is 25.1. The molecule has 1 heterocycles.